The summed E-state index contributed by atoms with van der Waals surface area (Å²) in [7, 11) is 0. The molecule has 3 aliphatic rings. The third-order valence-corrected chi connectivity index (χ3v) is 5.42. The molecule has 3 rings (SSSR count). The lowest BCUT2D eigenvalue weighted by atomic mass is 9.91. The molecule has 20 heavy (non-hydrogen) atoms. The van der Waals surface area contributed by atoms with Gasteiger partial charge in [0.25, 0.3) is 0 Å². The summed E-state index contributed by atoms with van der Waals surface area (Å²) in [5, 5.41) is 0. The van der Waals surface area contributed by atoms with Gasteiger partial charge in [-0.3, -0.25) is 9.59 Å². The van der Waals surface area contributed by atoms with E-state index in [2.05, 4.69) is 13.8 Å². The summed E-state index contributed by atoms with van der Waals surface area (Å²) in [5.41, 5.74) is 0.305. The lowest BCUT2D eigenvalue weighted by molar-refractivity contribution is -0.162. The number of nitrogens with zero attached hydrogens (tertiary/aromatic N) is 2. The van der Waals surface area contributed by atoms with E-state index in [1.165, 1.54) is 0 Å². The minimum absolute atomic E-state index is 0.158. The zero-order valence-corrected chi connectivity index (χ0v) is 12.9. The van der Waals surface area contributed by atoms with Crippen LogP contribution in [0.25, 0.3) is 0 Å². The maximum absolute atomic E-state index is 12.9. The summed E-state index contributed by atoms with van der Waals surface area (Å²) in [4.78, 5) is 29.3. The zero-order valence-electron chi connectivity index (χ0n) is 12.9. The molecule has 3 fully saturated rings. The molecule has 0 bridgehead atoms. The summed E-state index contributed by atoms with van der Waals surface area (Å²) in [6.07, 6.45) is 5.81. The number of piperazine rings is 1. The van der Waals surface area contributed by atoms with Gasteiger partial charge in [0.15, 0.2) is 0 Å². The van der Waals surface area contributed by atoms with Crippen molar-refractivity contribution in [1.82, 2.24) is 9.80 Å². The lowest BCUT2D eigenvalue weighted by Gasteiger charge is -2.45. The van der Waals surface area contributed by atoms with Gasteiger partial charge >= 0.3 is 0 Å². The monoisotopic (exact) mass is 278 g/mol. The van der Waals surface area contributed by atoms with Crippen molar-refractivity contribution in [1.29, 1.82) is 0 Å². The van der Waals surface area contributed by atoms with Crippen LogP contribution < -0.4 is 0 Å². The Bertz CT molecular complexity index is 432. The molecule has 0 aromatic carbocycles. The van der Waals surface area contributed by atoms with Crippen LogP contribution in [-0.4, -0.2) is 46.3 Å². The molecule has 0 spiro atoms. The van der Waals surface area contributed by atoms with Crippen molar-refractivity contribution in [3.63, 3.8) is 0 Å². The quantitative estimate of drug-likeness (QED) is 0.777. The molecule has 0 radical (unpaired) electrons. The van der Waals surface area contributed by atoms with Gasteiger partial charge in [-0.15, -0.1) is 0 Å². The molecule has 4 heteroatoms. The second kappa shape index (κ2) is 4.74. The number of fused-ring (bicyclic) bond motifs is 1. The minimum atomic E-state index is -0.212. The maximum atomic E-state index is 12.9. The van der Waals surface area contributed by atoms with E-state index in [0.29, 0.717) is 5.41 Å². The van der Waals surface area contributed by atoms with Crippen LogP contribution >= 0.6 is 0 Å². The fraction of sp³-hybridized carbons (Fsp3) is 0.875. The van der Waals surface area contributed by atoms with Crippen molar-refractivity contribution in [2.45, 2.75) is 77.4 Å². The third kappa shape index (κ3) is 2.04. The molecule has 0 aromatic heterocycles. The Balaban J connectivity index is 1.87. The molecule has 3 unspecified atom stereocenters. The Morgan fingerprint density at radius 2 is 1.95 bits per heavy atom. The van der Waals surface area contributed by atoms with E-state index in [1.54, 1.807) is 0 Å². The number of carbonyl (C=O) groups is 2. The van der Waals surface area contributed by atoms with Crippen LogP contribution in [0.1, 0.15) is 59.3 Å². The first-order valence-corrected chi connectivity index (χ1v) is 8.07. The fourth-order valence-corrected chi connectivity index (χ4v) is 4.37. The smallest absolute Gasteiger partial charge is 0.246 e. The van der Waals surface area contributed by atoms with Gasteiger partial charge in [0, 0.05) is 12.6 Å². The van der Waals surface area contributed by atoms with Crippen LogP contribution in [0.4, 0.5) is 0 Å². The molecular weight excluding hydrogens is 252 g/mol. The number of rotatable bonds is 2. The second-order valence-corrected chi connectivity index (χ2v) is 7.42. The van der Waals surface area contributed by atoms with Crippen LogP contribution in [0.15, 0.2) is 0 Å². The van der Waals surface area contributed by atoms with E-state index < -0.39 is 0 Å². The highest BCUT2D eigenvalue weighted by atomic mass is 16.2. The predicted octanol–water partition coefficient (Wildman–Crippen LogP) is 2.18. The highest BCUT2D eigenvalue weighted by molar-refractivity contribution is 5.97. The Morgan fingerprint density at radius 3 is 2.55 bits per heavy atom. The normalized spacial score (nSPS) is 36.6. The van der Waals surface area contributed by atoms with Crippen LogP contribution in [0.3, 0.4) is 0 Å². The Labute approximate surface area is 121 Å². The first kappa shape index (κ1) is 13.9. The van der Waals surface area contributed by atoms with E-state index in [0.717, 1.165) is 45.1 Å². The Hall–Kier alpha value is -1.06. The van der Waals surface area contributed by atoms with Crippen LogP contribution in [0, 0.1) is 5.41 Å². The molecule has 112 valence electrons. The van der Waals surface area contributed by atoms with E-state index in [1.807, 2.05) is 16.7 Å². The van der Waals surface area contributed by atoms with Gasteiger partial charge in [-0.25, -0.2) is 0 Å². The van der Waals surface area contributed by atoms with Gasteiger partial charge in [0.05, 0.1) is 0 Å². The van der Waals surface area contributed by atoms with Gasteiger partial charge in [0.1, 0.15) is 12.1 Å². The van der Waals surface area contributed by atoms with Gasteiger partial charge < -0.3 is 9.80 Å². The fourth-order valence-electron chi connectivity index (χ4n) is 4.37. The highest BCUT2D eigenvalue weighted by Crippen LogP contribution is 2.42. The maximum Gasteiger partial charge on any atom is 0.246 e. The van der Waals surface area contributed by atoms with Gasteiger partial charge in [0.2, 0.25) is 11.8 Å². The van der Waals surface area contributed by atoms with E-state index in [9.17, 15) is 9.59 Å². The standard InChI is InChI=1S/C16H26N2O2/c1-4-12-14(19)17-9-5-6-13(17)15(20)18(12)11-7-8-16(2,3)10-11/h11-13H,4-10H2,1-3H3. The molecule has 2 amide bonds. The van der Waals surface area contributed by atoms with E-state index >= 15 is 0 Å². The summed E-state index contributed by atoms with van der Waals surface area (Å²) in [6.45, 7) is 7.34. The Morgan fingerprint density at radius 1 is 1.20 bits per heavy atom. The molecule has 2 heterocycles. The molecule has 4 nitrogen and oxygen atoms in total. The van der Waals surface area contributed by atoms with Crippen molar-refractivity contribution in [3.8, 4) is 0 Å². The molecule has 2 saturated heterocycles. The second-order valence-electron chi connectivity index (χ2n) is 7.42. The van der Waals surface area contributed by atoms with E-state index in [-0.39, 0.29) is 29.9 Å². The molecule has 0 aromatic rings. The van der Waals surface area contributed by atoms with Gasteiger partial charge in [-0.05, 0) is 43.9 Å². The molecule has 1 saturated carbocycles. The molecule has 3 atom stereocenters. The van der Waals surface area contributed by atoms with Gasteiger partial charge in [-0.1, -0.05) is 20.8 Å². The Kier molecular flexibility index (Phi) is 3.30. The van der Waals surface area contributed by atoms with Crippen LogP contribution in [0.5, 0.6) is 0 Å². The SMILES string of the molecule is CCC1C(=O)N2CCCC2C(=O)N1C1CCC(C)(C)C1. The average Bonchev–Trinajstić information content (AvgIpc) is 3.00. The number of hydrogen-bond acceptors (Lipinski definition) is 2. The highest BCUT2D eigenvalue weighted by Gasteiger charge is 2.50. The first-order chi connectivity index (χ1) is 9.44. The lowest BCUT2D eigenvalue weighted by Crippen LogP contribution is -2.64. The van der Waals surface area contributed by atoms with Crippen molar-refractivity contribution < 1.29 is 9.59 Å². The topological polar surface area (TPSA) is 40.6 Å². The van der Waals surface area contributed by atoms with Crippen molar-refractivity contribution in [2.75, 3.05) is 6.54 Å². The molecule has 2 aliphatic heterocycles. The summed E-state index contributed by atoms with van der Waals surface area (Å²) >= 11 is 0. The van der Waals surface area contributed by atoms with Crippen molar-refractivity contribution in [2.24, 2.45) is 5.41 Å². The number of carbonyl (C=O) groups excluding carboxylic acids is 2. The van der Waals surface area contributed by atoms with E-state index in [4.69, 9.17) is 0 Å². The van der Waals surface area contributed by atoms with Crippen molar-refractivity contribution >= 4 is 11.8 Å². The van der Waals surface area contributed by atoms with Gasteiger partial charge in [-0.2, -0.15) is 0 Å². The predicted molar refractivity (Wildman–Crippen MR) is 77.1 cm³/mol. The van der Waals surface area contributed by atoms with Crippen molar-refractivity contribution in [3.05, 3.63) is 0 Å². The first-order valence-electron chi connectivity index (χ1n) is 8.07. The summed E-state index contributed by atoms with van der Waals surface area (Å²) in [5.74, 6) is 0.413. The molecule has 1 aliphatic carbocycles. The zero-order chi connectivity index (χ0) is 14.5. The number of amides is 2. The molecule has 0 N–H and O–H groups in total. The largest absolute Gasteiger partial charge is 0.329 e. The molecular formula is C16H26N2O2. The van der Waals surface area contributed by atoms with Crippen LogP contribution in [0.2, 0.25) is 0 Å². The van der Waals surface area contributed by atoms with Crippen LogP contribution in [-0.2, 0) is 9.59 Å². The average molecular weight is 278 g/mol. The third-order valence-electron chi connectivity index (χ3n) is 5.42. The summed E-state index contributed by atoms with van der Waals surface area (Å²) in [6, 6.07) is -0.0982. The number of hydrogen-bond donors (Lipinski definition) is 0. The summed E-state index contributed by atoms with van der Waals surface area (Å²) < 4.78 is 0. The minimum Gasteiger partial charge on any atom is -0.329 e.